The van der Waals surface area contributed by atoms with Gasteiger partial charge in [0.1, 0.15) is 5.75 Å². The van der Waals surface area contributed by atoms with Gasteiger partial charge in [-0.1, -0.05) is 39.0 Å². The van der Waals surface area contributed by atoms with Gasteiger partial charge in [-0.05, 0) is 17.5 Å². The maximum Gasteiger partial charge on any atom is 0.191 e. The van der Waals surface area contributed by atoms with Gasteiger partial charge in [-0.25, -0.2) is 0 Å². The topological polar surface area (TPSA) is 58.1 Å². The molecule has 1 saturated heterocycles. The number of rotatable bonds is 8. The van der Waals surface area contributed by atoms with E-state index < -0.39 is 0 Å². The van der Waals surface area contributed by atoms with Gasteiger partial charge in [0.05, 0.1) is 20.3 Å². The van der Waals surface area contributed by atoms with Crippen LogP contribution in [0, 0.1) is 5.92 Å². The van der Waals surface area contributed by atoms with Crippen LogP contribution >= 0.6 is 0 Å². The van der Waals surface area contributed by atoms with E-state index >= 15 is 0 Å². The minimum atomic E-state index is 0.319. The van der Waals surface area contributed by atoms with Crippen molar-refractivity contribution in [3.63, 3.8) is 0 Å². The van der Waals surface area contributed by atoms with Crippen LogP contribution in [0.2, 0.25) is 0 Å². The van der Waals surface area contributed by atoms with Crippen LogP contribution in [0.5, 0.6) is 5.75 Å². The summed E-state index contributed by atoms with van der Waals surface area (Å²) in [6, 6.07) is 8.65. The second-order valence-electron chi connectivity index (χ2n) is 7.44. The lowest BCUT2D eigenvalue weighted by Crippen LogP contribution is -2.52. The molecule has 1 aliphatic heterocycles. The number of methoxy groups -OCH3 is 1. The molecule has 2 rings (SSSR count). The summed E-state index contributed by atoms with van der Waals surface area (Å²) in [4.78, 5) is 6.91. The van der Waals surface area contributed by atoms with E-state index in [4.69, 9.17) is 9.47 Å². The Morgan fingerprint density at radius 3 is 2.44 bits per heavy atom. The highest BCUT2D eigenvalue weighted by Crippen LogP contribution is 2.25. The molecule has 2 atom stereocenters. The number of aliphatic imine (C=N–C) groups is 1. The SMILES string of the molecule is CN=C(NCC(C)c1ccccc1OC)NCC(C(C)C)N1CCOCC1. The molecule has 1 heterocycles. The maximum atomic E-state index is 5.49. The highest BCUT2D eigenvalue weighted by Gasteiger charge is 2.24. The first-order valence-electron chi connectivity index (χ1n) is 9.96. The number of hydrogen-bond acceptors (Lipinski definition) is 4. The number of hydrogen-bond donors (Lipinski definition) is 2. The molecule has 6 nitrogen and oxygen atoms in total. The van der Waals surface area contributed by atoms with Gasteiger partial charge in [-0.15, -0.1) is 0 Å². The summed E-state index contributed by atoms with van der Waals surface area (Å²) in [5.74, 6) is 2.67. The van der Waals surface area contributed by atoms with E-state index in [1.165, 1.54) is 5.56 Å². The Labute approximate surface area is 164 Å². The van der Waals surface area contributed by atoms with E-state index in [1.54, 1.807) is 7.11 Å². The van der Waals surface area contributed by atoms with Crippen LogP contribution in [0.1, 0.15) is 32.3 Å². The van der Waals surface area contributed by atoms with Crippen molar-refractivity contribution in [2.45, 2.75) is 32.7 Å². The van der Waals surface area contributed by atoms with Crippen molar-refractivity contribution in [3.8, 4) is 5.75 Å². The monoisotopic (exact) mass is 376 g/mol. The molecule has 1 fully saturated rings. The summed E-state index contributed by atoms with van der Waals surface area (Å²) < 4.78 is 11.0. The van der Waals surface area contributed by atoms with E-state index in [-0.39, 0.29) is 0 Å². The van der Waals surface area contributed by atoms with Crippen LogP contribution in [-0.4, -0.2) is 70.5 Å². The third-order valence-corrected chi connectivity index (χ3v) is 5.23. The lowest BCUT2D eigenvalue weighted by atomic mass is 10.00. The maximum absolute atomic E-state index is 5.49. The molecular formula is C21H36N4O2. The molecule has 6 heteroatoms. The van der Waals surface area contributed by atoms with E-state index in [0.29, 0.717) is 17.9 Å². The quantitative estimate of drug-likeness (QED) is 0.539. The first-order valence-corrected chi connectivity index (χ1v) is 9.96. The number of benzene rings is 1. The number of ether oxygens (including phenoxy) is 2. The van der Waals surface area contributed by atoms with Crippen molar-refractivity contribution in [2.75, 3.05) is 53.6 Å². The van der Waals surface area contributed by atoms with Gasteiger partial charge in [-0.2, -0.15) is 0 Å². The van der Waals surface area contributed by atoms with Crippen molar-refractivity contribution in [2.24, 2.45) is 10.9 Å². The summed E-state index contributed by atoms with van der Waals surface area (Å²) in [5.41, 5.74) is 1.20. The Balaban J connectivity index is 1.87. The molecule has 0 bridgehead atoms. The molecule has 0 aromatic heterocycles. The Morgan fingerprint density at radius 2 is 1.81 bits per heavy atom. The lowest BCUT2D eigenvalue weighted by molar-refractivity contribution is 0.00752. The summed E-state index contributed by atoms with van der Waals surface area (Å²) in [7, 11) is 3.54. The van der Waals surface area contributed by atoms with Crippen LogP contribution in [-0.2, 0) is 4.74 Å². The molecule has 152 valence electrons. The fourth-order valence-electron chi connectivity index (χ4n) is 3.55. The molecule has 1 aliphatic rings. The van der Waals surface area contributed by atoms with E-state index in [1.807, 2.05) is 19.2 Å². The Kier molecular flexibility index (Phi) is 8.88. The van der Waals surface area contributed by atoms with Crippen molar-refractivity contribution in [3.05, 3.63) is 29.8 Å². The van der Waals surface area contributed by atoms with Crippen LogP contribution in [0.25, 0.3) is 0 Å². The Morgan fingerprint density at radius 1 is 1.15 bits per heavy atom. The minimum absolute atomic E-state index is 0.319. The van der Waals surface area contributed by atoms with Crippen LogP contribution in [0.15, 0.2) is 29.3 Å². The summed E-state index contributed by atoms with van der Waals surface area (Å²) in [6.45, 7) is 12.1. The molecule has 1 aromatic carbocycles. The largest absolute Gasteiger partial charge is 0.496 e. The van der Waals surface area contributed by atoms with Gasteiger partial charge in [0.2, 0.25) is 0 Å². The van der Waals surface area contributed by atoms with E-state index in [0.717, 1.165) is 51.1 Å². The molecule has 27 heavy (non-hydrogen) atoms. The standard InChI is InChI=1S/C21H36N4O2/c1-16(2)19(25-10-12-27-13-11-25)15-24-21(22-4)23-14-17(3)18-8-6-7-9-20(18)26-5/h6-9,16-17,19H,10-15H2,1-5H3,(H2,22,23,24). The van der Waals surface area contributed by atoms with Gasteiger partial charge in [0.25, 0.3) is 0 Å². The Hall–Kier alpha value is -1.79. The van der Waals surface area contributed by atoms with Gasteiger partial charge in [0, 0.05) is 45.2 Å². The first-order chi connectivity index (χ1) is 13.1. The second-order valence-corrected chi connectivity index (χ2v) is 7.44. The van der Waals surface area contributed by atoms with Gasteiger partial charge in [-0.3, -0.25) is 9.89 Å². The molecule has 0 radical (unpaired) electrons. The molecule has 0 aliphatic carbocycles. The number of para-hydroxylation sites is 1. The van der Waals surface area contributed by atoms with Crippen molar-refractivity contribution < 1.29 is 9.47 Å². The van der Waals surface area contributed by atoms with Crippen LogP contribution in [0.3, 0.4) is 0 Å². The molecule has 0 spiro atoms. The second kappa shape index (κ2) is 11.1. The number of nitrogens with zero attached hydrogens (tertiary/aromatic N) is 2. The summed E-state index contributed by atoms with van der Waals surface area (Å²) in [6.07, 6.45) is 0. The zero-order valence-corrected chi connectivity index (χ0v) is 17.5. The van der Waals surface area contributed by atoms with Crippen molar-refractivity contribution in [1.82, 2.24) is 15.5 Å². The van der Waals surface area contributed by atoms with E-state index in [2.05, 4.69) is 53.4 Å². The molecule has 0 saturated carbocycles. The fraction of sp³-hybridized carbons (Fsp3) is 0.667. The highest BCUT2D eigenvalue weighted by molar-refractivity contribution is 5.79. The molecule has 0 amide bonds. The summed E-state index contributed by atoms with van der Waals surface area (Å²) in [5, 5.41) is 6.97. The molecular weight excluding hydrogens is 340 g/mol. The van der Waals surface area contributed by atoms with Crippen molar-refractivity contribution >= 4 is 5.96 Å². The average molecular weight is 377 g/mol. The van der Waals surface area contributed by atoms with Gasteiger partial charge >= 0.3 is 0 Å². The third kappa shape index (κ3) is 6.40. The Bertz CT molecular complexity index is 585. The number of guanidine groups is 1. The van der Waals surface area contributed by atoms with Crippen molar-refractivity contribution in [1.29, 1.82) is 0 Å². The molecule has 2 N–H and O–H groups in total. The highest BCUT2D eigenvalue weighted by atomic mass is 16.5. The summed E-state index contributed by atoms with van der Waals surface area (Å²) >= 11 is 0. The van der Waals surface area contributed by atoms with Crippen LogP contribution in [0.4, 0.5) is 0 Å². The minimum Gasteiger partial charge on any atom is -0.496 e. The number of nitrogens with one attached hydrogen (secondary N) is 2. The fourth-order valence-corrected chi connectivity index (χ4v) is 3.55. The number of morpholine rings is 1. The molecule has 1 aromatic rings. The first kappa shape index (κ1) is 21.5. The van der Waals surface area contributed by atoms with Gasteiger partial charge in [0.15, 0.2) is 5.96 Å². The predicted molar refractivity (Wildman–Crippen MR) is 112 cm³/mol. The zero-order valence-electron chi connectivity index (χ0n) is 17.5. The zero-order chi connectivity index (χ0) is 19.6. The average Bonchev–Trinajstić information content (AvgIpc) is 2.70. The normalized spacial score (nSPS) is 18.2. The lowest BCUT2D eigenvalue weighted by Gasteiger charge is -2.37. The smallest absolute Gasteiger partial charge is 0.191 e. The third-order valence-electron chi connectivity index (χ3n) is 5.23. The van der Waals surface area contributed by atoms with E-state index in [9.17, 15) is 0 Å². The molecule has 2 unspecified atom stereocenters. The van der Waals surface area contributed by atoms with Crippen LogP contribution < -0.4 is 15.4 Å². The van der Waals surface area contributed by atoms with Gasteiger partial charge < -0.3 is 20.1 Å². The predicted octanol–water partition coefficient (Wildman–Crippen LogP) is 2.32.